The molecule has 0 radical (unpaired) electrons. The lowest BCUT2D eigenvalue weighted by Gasteiger charge is -1.98. The van der Waals surface area contributed by atoms with E-state index in [1.54, 1.807) is 0 Å². The average Bonchev–Trinajstić information content (AvgIpc) is 1.21. The van der Waals surface area contributed by atoms with Crippen LogP contribution in [0.1, 0.15) is 13.8 Å². The third kappa shape index (κ3) is 6.38. The topological polar surface area (TPSA) is 34.1 Å². The van der Waals surface area contributed by atoms with Crippen molar-refractivity contribution in [1.82, 2.24) is 0 Å². The molecule has 0 aromatic rings. The van der Waals surface area contributed by atoms with Crippen LogP contribution in [0.4, 0.5) is 0 Å². The minimum absolute atomic E-state index is 0.234. The highest BCUT2D eigenvalue weighted by molar-refractivity contribution is 8.37. The molecule has 0 aliphatic carbocycles. The molecule has 0 fully saturated rings. The molecule has 0 saturated heterocycles. The van der Waals surface area contributed by atoms with Crippen LogP contribution in [0, 0.1) is 5.92 Å². The van der Waals surface area contributed by atoms with Crippen LogP contribution in [0.25, 0.3) is 0 Å². The molecule has 0 bridgehead atoms. The molecule has 0 aliphatic heterocycles. The highest BCUT2D eigenvalue weighted by Gasteiger charge is 2.03. The Bertz CT molecular complexity index is 147. The second kappa shape index (κ2) is 2.79. The maximum absolute atomic E-state index is 10.4. The molecule has 0 N–H and O–H groups in total. The lowest BCUT2D eigenvalue weighted by molar-refractivity contribution is 0.597. The molecule has 8 heavy (non-hydrogen) atoms. The number of hydrogen-bond acceptors (Lipinski definition) is 2. The van der Waals surface area contributed by atoms with E-state index in [1.807, 2.05) is 22.3 Å². The Morgan fingerprint density at radius 2 is 1.88 bits per heavy atom. The van der Waals surface area contributed by atoms with Gasteiger partial charge < -0.3 is 0 Å². The molecule has 0 heterocycles. The van der Waals surface area contributed by atoms with Crippen LogP contribution >= 0.6 is 8.44 Å². The molecule has 1 atom stereocenters. The maximum atomic E-state index is 10.4. The summed E-state index contributed by atoms with van der Waals surface area (Å²) in [5.74, 6) is 0.495. The molecule has 0 rings (SSSR count). The van der Waals surface area contributed by atoms with E-state index in [0.717, 1.165) is 0 Å². The van der Waals surface area contributed by atoms with Crippen LogP contribution in [-0.4, -0.2) is 14.2 Å². The third-order valence-corrected chi connectivity index (χ3v) is 2.27. The van der Waals surface area contributed by atoms with E-state index < -0.39 is 9.46 Å². The standard InChI is InChI=1S/C4H11O2PS/c1-4(2)3-8(5,6)7/h4H,3,7H2,1-2H3. The lowest BCUT2D eigenvalue weighted by atomic mass is 10.3. The summed E-state index contributed by atoms with van der Waals surface area (Å²) in [6, 6.07) is 0. The van der Waals surface area contributed by atoms with Gasteiger partial charge in [-0.2, -0.15) is 0 Å². The van der Waals surface area contributed by atoms with Crippen molar-refractivity contribution >= 4 is 17.9 Å². The quantitative estimate of drug-likeness (QED) is 0.552. The molecule has 0 spiro atoms. The molecular formula is C4H11O2PS. The predicted molar refractivity (Wildman–Crippen MR) is 38.3 cm³/mol. The molecule has 1 unspecified atom stereocenters. The first kappa shape index (κ1) is 8.38. The first-order chi connectivity index (χ1) is 3.42. The zero-order valence-corrected chi connectivity index (χ0v) is 7.06. The lowest BCUT2D eigenvalue weighted by Crippen LogP contribution is -2.03. The summed E-state index contributed by atoms with van der Waals surface area (Å²) in [6.07, 6.45) is 0. The minimum Gasteiger partial charge on any atom is -0.225 e. The molecule has 4 heteroatoms. The van der Waals surface area contributed by atoms with Crippen LogP contribution in [0.15, 0.2) is 0 Å². The van der Waals surface area contributed by atoms with Crippen molar-refractivity contribution in [3.63, 3.8) is 0 Å². The molecule has 0 aromatic carbocycles. The van der Waals surface area contributed by atoms with Crippen molar-refractivity contribution in [3.05, 3.63) is 0 Å². The Balaban J connectivity index is 3.75. The van der Waals surface area contributed by atoms with E-state index in [0.29, 0.717) is 0 Å². The summed E-state index contributed by atoms with van der Waals surface area (Å²) in [6.45, 7) is 3.75. The minimum atomic E-state index is -2.81. The van der Waals surface area contributed by atoms with Gasteiger partial charge in [0.25, 0.3) is 0 Å². The fourth-order valence-corrected chi connectivity index (χ4v) is 2.55. The van der Waals surface area contributed by atoms with Gasteiger partial charge in [-0.15, -0.1) is 0 Å². The van der Waals surface area contributed by atoms with Gasteiger partial charge >= 0.3 is 0 Å². The summed E-state index contributed by atoms with van der Waals surface area (Å²) < 4.78 is 20.8. The second-order valence-corrected chi connectivity index (χ2v) is 6.04. The van der Waals surface area contributed by atoms with Gasteiger partial charge in [0.2, 0.25) is 0 Å². The summed E-state index contributed by atoms with van der Waals surface area (Å²) in [4.78, 5) is 0. The Morgan fingerprint density at radius 3 is 1.88 bits per heavy atom. The van der Waals surface area contributed by atoms with Crippen LogP contribution < -0.4 is 0 Å². The van der Waals surface area contributed by atoms with Crippen molar-refractivity contribution in [2.75, 3.05) is 5.75 Å². The molecular weight excluding hydrogens is 143 g/mol. The molecule has 0 amide bonds. The van der Waals surface area contributed by atoms with Crippen molar-refractivity contribution in [2.24, 2.45) is 5.92 Å². The van der Waals surface area contributed by atoms with E-state index in [1.165, 1.54) is 0 Å². The zero-order valence-electron chi connectivity index (χ0n) is 5.09. The summed E-state index contributed by atoms with van der Waals surface area (Å²) in [5.41, 5.74) is 0. The third-order valence-electron chi connectivity index (χ3n) is 0.566. The fourth-order valence-electron chi connectivity index (χ4n) is 0.465. The Hall–Kier alpha value is 0.380. The van der Waals surface area contributed by atoms with Gasteiger partial charge in [0.05, 0.1) is 5.75 Å². The predicted octanol–water partition coefficient (Wildman–Crippen LogP) is 0.847. The van der Waals surface area contributed by atoms with E-state index in [9.17, 15) is 8.42 Å². The molecule has 0 saturated carbocycles. The van der Waals surface area contributed by atoms with Gasteiger partial charge in [0.15, 0.2) is 9.46 Å². The molecule has 2 nitrogen and oxygen atoms in total. The first-order valence-electron chi connectivity index (χ1n) is 2.42. The molecule has 0 aliphatic rings. The Kier molecular flexibility index (Phi) is 2.92. The summed E-state index contributed by atoms with van der Waals surface area (Å²) >= 11 is 0. The van der Waals surface area contributed by atoms with Crippen molar-refractivity contribution in [3.8, 4) is 0 Å². The van der Waals surface area contributed by atoms with Crippen LogP contribution in [0.2, 0.25) is 0 Å². The smallest absolute Gasteiger partial charge is 0.161 e. The highest BCUT2D eigenvalue weighted by atomic mass is 32.7. The Morgan fingerprint density at radius 1 is 1.50 bits per heavy atom. The summed E-state index contributed by atoms with van der Waals surface area (Å²) in [5, 5.41) is 0. The second-order valence-electron chi connectivity index (χ2n) is 2.22. The van der Waals surface area contributed by atoms with Gasteiger partial charge in [-0.25, -0.2) is 8.42 Å². The van der Waals surface area contributed by atoms with Gasteiger partial charge in [0, 0.05) is 0 Å². The normalized spacial score (nSPS) is 12.5. The van der Waals surface area contributed by atoms with Gasteiger partial charge in [-0.1, -0.05) is 13.8 Å². The van der Waals surface area contributed by atoms with Crippen LogP contribution in [0.3, 0.4) is 0 Å². The largest absolute Gasteiger partial charge is 0.225 e. The van der Waals surface area contributed by atoms with Crippen LogP contribution in [-0.2, 0) is 9.46 Å². The zero-order chi connectivity index (χ0) is 6.78. The maximum Gasteiger partial charge on any atom is 0.161 e. The molecule has 0 aromatic heterocycles. The van der Waals surface area contributed by atoms with Gasteiger partial charge in [-0.3, -0.25) is 0 Å². The van der Waals surface area contributed by atoms with E-state index in [2.05, 4.69) is 0 Å². The van der Waals surface area contributed by atoms with Gasteiger partial charge in [0.1, 0.15) is 0 Å². The monoisotopic (exact) mass is 154 g/mol. The van der Waals surface area contributed by atoms with Crippen molar-refractivity contribution in [1.29, 1.82) is 0 Å². The van der Waals surface area contributed by atoms with E-state index in [4.69, 9.17) is 0 Å². The van der Waals surface area contributed by atoms with Crippen LogP contribution in [0.5, 0.6) is 0 Å². The van der Waals surface area contributed by atoms with E-state index in [-0.39, 0.29) is 11.7 Å². The summed E-state index contributed by atoms with van der Waals surface area (Å²) in [7, 11) is -0.974. The highest BCUT2D eigenvalue weighted by Crippen LogP contribution is 2.06. The number of hydrogen-bond donors (Lipinski definition) is 0. The van der Waals surface area contributed by atoms with Crippen molar-refractivity contribution in [2.45, 2.75) is 13.8 Å². The fraction of sp³-hybridized carbons (Fsp3) is 1.00. The Labute approximate surface area is 52.5 Å². The van der Waals surface area contributed by atoms with Gasteiger partial charge in [-0.05, 0) is 14.4 Å². The number of rotatable bonds is 2. The van der Waals surface area contributed by atoms with E-state index >= 15 is 0 Å². The average molecular weight is 154 g/mol. The van der Waals surface area contributed by atoms with Crippen molar-refractivity contribution < 1.29 is 8.42 Å². The first-order valence-corrected chi connectivity index (χ1v) is 5.55. The SMILES string of the molecule is CC(C)CS(=O)(=O)P. The molecule has 50 valence electrons.